The second-order valence-corrected chi connectivity index (χ2v) is 7.10. The highest BCUT2D eigenvalue weighted by Crippen LogP contribution is 2.34. The molecule has 0 spiro atoms. The second-order valence-electron chi connectivity index (χ2n) is 7.10. The highest BCUT2D eigenvalue weighted by molar-refractivity contribution is 5.76. The van der Waals surface area contributed by atoms with Gasteiger partial charge in [0.15, 0.2) is 0 Å². The van der Waals surface area contributed by atoms with Crippen LogP contribution in [0.15, 0.2) is 0 Å². The molecular weight excluding hydrogens is 236 g/mol. The fourth-order valence-corrected chi connectivity index (χ4v) is 3.56. The van der Waals surface area contributed by atoms with Gasteiger partial charge >= 0.3 is 0 Å². The molecule has 1 N–H and O–H groups in total. The minimum atomic E-state index is 0.349. The third kappa shape index (κ3) is 4.79. The lowest BCUT2D eigenvalue weighted by Crippen LogP contribution is -2.41. The molecule has 2 aliphatic rings. The summed E-state index contributed by atoms with van der Waals surface area (Å²) in [4.78, 5) is 14.1. The number of carbonyl (C=O) groups is 1. The van der Waals surface area contributed by atoms with Gasteiger partial charge in [0.2, 0.25) is 5.91 Å². The maximum Gasteiger partial charge on any atom is 0.223 e. The zero-order valence-electron chi connectivity index (χ0n) is 12.7. The number of likely N-dealkylation sites (tertiary alicyclic amines) is 1. The monoisotopic (exact) mass is 266 g/mol. The molecule has 0 aromatic heterocycles. The van der Waals surface area contributed by atoms with Gasteiger partial charge in [-0.15, -0.1) is 0 Å². The number of carbonyl (C=O) groups excluding carboxylic acids is 1. The van der Waals surface area contributed by atoms with Gasteiger partial charge < -0.3 is 10.2 Å². The fourth-order valence-electron chi connectivity index (χ4n) is 3.56. The summed E-state index contributed by atoms with van der Waals surface area (Å²) in [5.41, 5.74) is 0.479. The van der Waals surface area contributed by atoms with Crippen molar-refractivity contribution in [1.29, 1.82) is 0 Å². The summed E-state index contributed by atoms with van der Waals surface area (Å²) in [6.45, 7) is 7.54. The van der Waals surface area contributed by atoms with Crippen LogP contribution in [-0.2, 0) is 4.79 Å². The Balaban J connectivity index is 1.64. The van der Waals surface area contributed by atoms with Crippen molar-refractivity contribution in [2.75, 3.05) is 19.6 Å². The number of amides is 1. The smallest absolute Gasteiger partial charge is 0.223 e. The first-order valence-corrected chi connectivity index (χ1v) is 8.08. The lowest BCUT2D eigenvalue weighted by molar-refractivity contribution is -0.132. The summed E-state index contributed by atoms with van der Waals surface area (Å²) in [6.07, 6.45) is 9.55. The van der Waals surface area contributed by atoms with Gasteiger partial charge in [-0.1, -0.05) is 20.3 Å². The minimum absolute atomic E-state index is 0.349. The molecule has 2 fully saturated rings. The van der Waals surface area contributed by atoms with Crippen molar-refractivity contribution < 1.29 is 4.79 Å². The molecule has 1 heterocycles. The first-order chi connectivity index (χ1) is 9.07. The maximum atomic E-state index is 12.1. The van der Waals surface area contributed by atoms with E-state index in [-0.39, 0.29) is 0 Å². The zero-order chi connectivity index (χ0) is 13.7. The van der Waals surface area contributed by atoms with Crippen LogP contribution in [0.3, 0.4) is 0 Å². The van der Waals surface area contributed by atoms with Crippen molar-refractivity contribution in [3.05, 3.63) is 0 Å². The van der Waals surface area contributed by atoms with Crippen LogP contribution in [0.4, 0.5) is 0 Å². The van der Waals surface area contributed by atoms with E-state index in [1.54, 1.807) is 0 Å². The number of nitrogens with one attached hydrogen (secondary N) is 1. The van der Waals surface area contributed by atoms with E-state index >= 15 is 0 Å². The third-order valence-corrected chi connectivity index (χ3v) is 4.69. The average Bonchev–Trinajstić information content (AvgIpc) is 2.38. The summed E-state index contributed by atoms with van der Waals surface area (Å²) < 4.78 is 0. The van der Waals surface area contributed by atoms with Crippen LogP contribution in [0.2, 0.25) is 0 Å². The predicted octanol–water partition coefficient (Wildman–Crippen LogP) is 2.95. The largest absolute Gasteiger partial charge is 0.343 e. The van der Waals surface area contributed by atoms with Crippen molar-refractivity contribution in [2.24, 2.45) is 5.41 Å². The molecule has 1 unspecified atom stereocenters. The summed E-state index contributed by atoms with van der Waals surface area (Å²) in [6, 6.07) is 0.623. The Hall–Kier alpha value is -0.570. The lowest BCUT2D eigenvalue weighted by Gasteiger charge is -2.35. The average molecular weight is 266 g/mol. The predicted molar refractivity (Wildman–Crippen MR) is 79.1 cm³/mol. The highest BCUT2D eigenvalue weighted by atomic mass is 16.2. The summed E-state index contributed by atoms with van der Waals surface area (Å²) in [5, 5.41) is 3.60. The van der Waals surface area contributed by atoms with Crippen LogP contribution in [0.5, 0.6) is 0 Å². The molecule has 3 heteroatoms. The van der Waals surface area contributed by atoms with Gasteiger partial charge in [-0.25, -0.2) is 0 Å². The third-order valence-electron chi connectivity index (χ3n) is 4.69. The Morgan fingerprint density at radius 3 is 2.63 bits per heavy atom. The van der Waals surface area contributed by atoms with E-state index in [4.69, 9.17) is 0 Å². The molecular formula is C16H30N2O. The number of rotatable bonds is 4. The van der Waals surface area contributed by atoms with Crippen molar-refractivity contribution in [1.82, 2.24) is 10.2 Å². The van der Waals surface area contributed by atoms with Gasteiger partial charge in [-0.2, -0.15) is 0 Å². The first kappa shape index (κ1) is 14.8. The molecule has 3 nitrogen and oxygen atoms in total. The zero-order valence-corrected chi connectivity index (χ0v) is 12.7. The van der Waals surface area contributed by atoms with Gasteiger partial charge in [0, 0.05) is 32.1 Å². The quantitative estimate of drug-likeness (QED) is 0.848. The highest BCUT2D eigenvalue weighted by Gasteiger charge is 2.27. The van der Waals surface area contributed by atoms with Gasteiger partial charge in [-0.3, -0.25) is 4.79 Å². The Bertz CT molecular complexity index is 295. The van der Waals surface area contributed by atoms with E-state index in [9.17, 15) is 4.79 Å². The van der Waals surface area contributed by atoms with E-state index in [0.717, 1.165) is 19.6 Å². The molecule has 110 valence electrons. The van der Waals surface area contributed by atoms with Crippen LogP contribution in [-0.4, -0.2) is 36.5 Å². The molecule has 2 rings (SSSR count). The number of nitrogens with zero attached hydrogens (tertiary/aromatic N) is 1. The Morgan fingerprint density at radius 1 is 1.21 bits per heavy atom. The van der Waals surface area contributed by atoms with Crippen molar-refractivity contribution in [3.8, 4) is 0 Å². The number of piperidine rings is 1. The Kier molecular flexibility index (Phi) is 5.26. The minimum Gasteiger partial charge on any atom is -0.343 e. The summed E-state index contributed by atoms with van der Waals surface area (Å²) >= 11 is 0. The molecule has 1 saturated carbocycles. The van der Waals surface area contributed by atoms with Crippen LogP contribution >= 0.6 is 0 Å². The van der Waals surface area contributed by atoms with Gasteiger partial charge in [0.05, 0.1) is 0 Å². The normalized spacial score (nSPS) is 27.3. The molecule has 1 saturated heterocycles. The summed E-state index contributed by atoms with van der Waals surface area (Å²) in [7, 11) is 0. The van der Waals surface area contributed by atoms with Crippen LogP contribution in [0.25, 0.3) is 0 Å². The van der Waals surface area contributed by atoms with Crippen LogP contribution < -0.4 is 5.32 Å². The lowest BCUT2D eigenvalue weighted by atomic mass is 9.75. The fraction of sp³-hybridized carbons (Fsp3) is 0.938. The Labute approximate surface area is 118 Å². The second kappa shape index (κ2) is 6.74. The standard InChI is InChI=1S/C16H30N2O/c1-16(2)9-6-7-14(13-16)17-10-8-15(19)18-11-4-3-5-12-18/h14,17H,3-13H2,1-2H3. The molecule has 0 radical (unpaired) electrons. The van der Waals surface area contributed by atoms with Crippen molar-refractivity contribution in [3.63, 3.8) is 0 Å². The van der Waals surface area contributed by atoms with Gasteiger partial charge in [0.25, 0.3) is 0 Å². The van der Waals surface area contributed by atoms with Gasteiger partial charge in [-0.05, 0) is 43.9 Å². The molecule has 1 aliphatic heterocycles. The van der Waals surface area contributed by atoms with Crippen LogP contribution in [0, 0.1) is 5.41 Å². The van der Waals surface area contributed by atoms with E-state index in [2.05, 4.69) is 24.1 Å². The molecule has 0 bridgehead atoms. The Morgan fingerprint density at radius 2 is 1.95 bits per heavy atom. The number of hydrogen-bond acceptors (Lipinski definition) is 2. The molecule has 1 amide bonds. The molecule has 0 aromatic rings. The van der Waals surface area contributed by atoms with E-state index in [1.807, 2.05) is 0 Å². The topological polar surface area (TPSA) is 32.3 Å². The molecule has 1 aliphatic carbocycles. The SMILES string of the molecule is CC1(C)CCCC(NCCC(=O)N2CCCCC2)C1. The summed E-state index contributed by atoms with van der Waals surface area (Å²) in [5.74, 6) is 0.349. The first-order valence-electron chi connectivity index (χ1n) is 8.08. The van der Waals surface area contributed by atoms with Crippen LogP contribution in [0.1, 0.15) is 65.2 Å². The van der Waals surface area contributed by atoms with E-state index < -0.39 is 0 Å². The van der Waals surface area contributed by atoms with Crippen molar-refractivity contribution in [2.45, 2.75) is 71.3 Å². The molecule has 0 aromatic carbocycles. The maximum absolute atomic E-state index is 12.1. The number of hydrogen-bond donors (Lipinski definition) is 1. The molecule has 19 heavy (non-hydrogen) atoms. The van der Waals surface area contributed by atoms with Crippen molar-refractivity contribution >= 4 is 5.91 Å². The van der Waals surface area contributed by atoms with E-state index in [1.165, 1.54) is 44.9 Å². The molecule has 1 atom stereocenters. The van der Waals surface area contributed by atoms with E-state index in [0.29, 0.717) is 23.8 Å². The van der Waals surface area contributed by atoms with Gasteiger partial charge in [0.1, 0.15) is 0 Å².